The van der Waals surface area contributed by atoms with Crippen LogP contribution in [0.2, 0.25) is 0 Å². The second-order valence-corrected chi connectivity index (χ2v) is 10.2. The molecular weight excluding hydrogens is 408 g/mol. The van der Waals surface area contributed by atoms with Crippen molar-refractivity contribution >= 4 is 5.97 Å². The fraction of sp³-hybridized carbons (Fsp3) is 0.767. The van der Waals surface area contributed by atoms with Gasteiger partial charge in [-0.1, -0.05) is 90.4 Å². The van der Waals surface area contributed by atoms with Crippen molar-refractivity contribution in [2.24, 2.45) is 0 Å². The molecule has 0 amide bonds. The fourth-order valence-electron chi connectivity index (χ4n) is 5.02. The van der Waals surface area contributed by atoms with Crippen molar-refractivity contribution in [3.63, 3.8) is 0 Å². The van der Waals surface area contributed by atoms with E-state index in [9.17, 15) is 4.79 Å². The number of hydrogen-bond donors (Lipinski definition) is 0. The van der Waals surface area contributed by atoms with Crippen molar-refractivity contribution in [1.29, 1.82) is 0 Å². The Morgan fingerprint density at radius 2 is 1.21 bits per heavy atom. The molecule has 1 aromatic rings. The van der Waals surface area contributed by atoms with E-state index in [1.54, 1.807) is 0 Å². The maximum absolute atomic E-state index is 12.5. The number of carbonyl (C=O) groups is 1. The summed E-state index contributed by atoms with van der Waals surface area (Å²) in [4.78, 5) is 12.5. The highest BCUT2D eigenvalue weighted by atomic mass is 16.6. The van der Waals surface area contributed by atoms with Crippen LogP contribution in [0.3, 0.4) is 0 Å². The van der Waals surface area contributed by atoms with E-state index in [1.807, 2.05) is 0 Å². The number of rotatable bonds is 16. The quantitative estimate of drug-likeness (QED) is 0.184. The largest absolute Gasteiger partial charge is 0.478 e. The van der Waals surface area contributed by atoms with Crippen molar-refractivity contribution in [2.45, 2.75) is 143 Å². The van der Waals surface area contributed by atoms with Gasteiger partial charge >= 0.3 is 5.97 Å². The smallest absolute Gasteiger partial charge is 0.347 e. The number of fused-ring (bicyclic) bond motifs is 1. The van der Waals surface area contributed by atoms with Crippen molar-refractivity contribution in [3.8, 4) is 5.75 Å². The molecule has 1 aromatic carbocycles. The third kappa shape index (κ3) is 8.98. The average molecular weight is 459 g/mol. The second-order valence-electron chi connectivity index (χ2n) is 10.2. The lowest BCUT2D eigenvalue weighted by molar-refractivity contribution is -0.152. The molecule has 1 unspecified atom stereocenters. The van der Waals surface area contributed by atoms with Gasteiger partial charge < -0.3 is 9.47 Å². The van der Waals surface area contributed by atoms with Gasteiger partial charge in [-0.25, -0.2) is 4.79 Å². The van der Waals surface area contributed by atoms with E-state index in [-0.39, 0.29) is 5.97 Å². The third-order valence-electron chi connectivity index (χ3n) is 7.68. The van der Waals surface area contributed by atoms with Crippen molar-refractivity contribution in [1.82, 2.24) is 0 Å². The summed E-state index contributed by atoms with van der Waals surface area (Å²) in [6.45, 7) is 11.4. The first-order chi connectivity index (χ1) is 16.0. The molecule has 33 heavy (non-hydrogen) atoms. The Morgan fingerprint density at radius 3 is 1.76 bits per heavy atom. The van der Waals surface area contributed by atoms with E-state index in [2.05, 4.69) is 34.6 Å². The molecule has 0 aromatic heterocycles. The van der Waals surface area contributed by atoms with E-state index >= 15 is 0 Å². The molecule has 0 saturated heterocycles. The van der Waals surface area contributed by atoms with Crippen LogP contribution >= 0.6 is 0 Å². The highest BCUT2D eigenvalue weighted by Crippen LogP contribution is 2.37. The van der Waals surface area contributed by atoms with Gasteiger partial charge in [0.2, 0.25) is 0 Å². The number of unbranched alkanes of at least 4 members (excludes halogenated alkanes) is 13. The molecule has 1 aliphatic heterocycles. The monoisotopic (exact) mass is 458 g/mol. The third-order valence-corrected chi connectivity index (χ3v) is 7.68. The number of hydrogen-bond acceptors (Lipinski definition) is 3. The SMILES string of the molecule is CCCCCCCCCCCCCCCCOC(=O)C1CCc2c(C)c(C)c(C)c(C)c2O1. The van der Waals surface area contributed by atoms with Gasteiger partial charge in [-0.3, -0.25) is 0 Å². The van der Waals surface area contributed by atoms with E-state index in [0.717, 1.165) is 30.6 Å². The zero-order chi connectivity index (χ0) is 24.1. The van der Waals surface area contributed by atoms with Crippen molar-refractivity contribution in [3.05, 3.63) is 27.8 Å². The average Bonchev–Trinajstić information content (AvgIpc) is 2.83. The zero-order valence-electron chi connectivity index (χ0n) is 22.3. The van der Waals surface area contributed by atoms with E-state index in [4.69, 9.17) is 9.47 Å². The van der Waals surface area contributed by atoms with Gasteiger partial charge in [-0.2, -0.15) is 0 Å². The molecule has 1 heterocycles. The van der Waals surface area contributed by atoms with Crippen LogP contribution in [0.25, 0.3) is 0 Å². The predicted molar refractivity (Wildman–Crippen MR) is 139 cm³/mol. The van der Waals surface area contributed by atoms with Crippen LogP contribution in [0.1, 0.15) is 131 Å². The lowest BCUT2D eigenvalue weighted by Gasteiger charge is -2.29. The summed E-state index contributed by atoms with van der Waals surface area (Å²) < 4.78 is 11.7. The topological polar surface area (TPSA) is 35.5 Å². The van der Waals surface area contributed by atoms with Gasteiger partial charge in [0.1, 0.15) is 5.75 Å². The van der Waals surface area contributed by atoms with Gasteiger partial charge in [-0.15, -0.1) is 0 Å². The van der Waals surface area contributed by atoms with Gasteiger partial charge in [0.15, 0.2) is 6.10 Å². The van der Waals surface area contributed by atoms with Crippen LogP contribution in [0.4, 0.5) is 0 Å². The van der Waals surface area contributed by atoms with Crippen LogP contribution in [0, 0.1) is 27.7 Å². The Kier molecular flexibility index (Phi) is 12.9. The van der Waals surface area contributed by atoms with Gasteiger partial charge in [0.05, 0.1) is 6.61 Å². The minimum Gasteiger partial charge on any atom is -0.478 e. The Morgan fingerprint density at radius 1 is 0.727 bits per heavy atom. The zero-order valence-corrected chi connectivity index (χ0v) is 22.3. The van der Waals surface area contributed by atoms with E-state index < -0.39 is 6.10 Å². The van der Waals surface area contributed by atoms with Crippen LogP contribution in [0.15, 0.2) is 0 Å². The first kappa shape index (κ1) is 27.7. The number of esters is 1. The van der Waals surface area contributed by atoms with Crippen LogP contribution < -0.4 is 4.74 Å². The minimum atomic E-state index is -0.454. The summed E-state index contributed by atoms with van der Waals surface area (Å²) in [5, 5.41) is 0. The minimum absolute atomic E-state index is 0.189. The second kappa shape index (κ2) is 15.4. The van der Waals surface area contributed by atoms with Crippen molar-refractivity contribution < 1.29 is 14.3 Å². The molecule has 0 N–H and O–H groups in total. The Labute approximate surface area is 204 Å². The number of benzene rings is 1. The number of carbonyl (C=O) groups excluding carboxylic acids is 1. The van der Waals surface area contributed by atoms with E-state index in [1.165, 1.54) is 99.3 Å². The highest BCUT2D eigenvalue weighted by Gasteiger charge is 2.30. The van der Waals surface area contributed by atoms with Crippen LogP contribution in [-0.4, -0.2) is 18.7 Å². The molecule has 1 aliphatic rings. The molecule has 0 radical (unpaired) electrons. The van der Waals surface area contributed by atoms with Gasteiger partial charge in [0, 0.05) is 0 Å². The van der Waals surface area contributed by atoms with E-state index in [0.29, 0.717) is 13.0 Å². The maximum atomic E-state index is 12.5. The molecule has 1 atom stereocenters. The lowest BCUT2D eigenvalue weighted by Crippen LogP contribution is -2.34. The summed E-state index contributed by atoms with van der Waals surface area (Å²) in [7, 11) is 0. The molecule has 0 fully saturated rings. The molecule has 0 aliphatic carbocycles. The van der Waals surface area contributed by atoms with Gasteiger partial charge in [-0.05, 0) is 74.8 Å². The molecule has 3 nitrogen and oxygen atoms in total. The standard InChI is InChI=1S/C30H50O3/c1-6-7-8-9-10-11-12-13-14-15-16-17-18-19-22-32-30(31)28-21-20-27-25(4)23(2)24(3)26(5)29(27)33-28/h28H,6-22H2,1-5H3. The lowest BCUT2D eigenvalue weighted by atomic mass is 9.89. The molecule has 3 heteroatoms. The maximum Gasteiger partial charge on any atom is 0.347 e. The molecule has 0 saturated carbocycles. The van der Waals surface area contributed by atoms with Crippen LogP contribution in [0.5, 0.6) is 5.75 Å². The summed E-state index contributed by atoms with van der Waals surface area (Å²) >= 11 is 0. The van der Waals surface area contributed by atoms with Crippen molar-refractivity contribution in [2.75, 3.05) is 6.61 Å². The molecular formula is C30H50O3. The normalized spacial score (nSPS) is 15.2. The summed E-state index contributed by atoms with van der Waals surface area (Å²) in [5.74, 6) is 0.728. The summed E-state index contributed by atoms with van der Waals surface area (Å²) in [6.07, 6.45) is 19.8. The first-order valence-corrected chi connectivity index (χ1v) is 13.9. The number of ether oxygens (including phenoxy) is 2. The molecule has 188 valence electrons. The predicted octanol–water partition coefficient (Wildman–Crippen LogP) is 8.64. The summed E-state index contributed by atoms with van der Waals surface area (Å²) in [6, 6.07) is 0. The van der Waals surface area contributed by atoms with Crippen LogP contribution in [-0.2, 0) is 16.0 Å². The molecule has 2 rings (SSSR count). The first-order valence-electron chi connectivity index (χ1n) is 13.9. The Bertz CT molecular complexity index is 722. The Balaban J connectivity index is 1.51. The van der Waals surface area contributed by atoms with Gasteiger partial charge in [0.25, 0.3) is 0 Å². The summed E-state index contributed by atoms with van der Waals surface area (Å²) in [5.41, 5.74) is 6.35. The fourth-order valence-corrected chi connectivity index (χ4v) is 5.02. The Hall–Kier alpha value is -1.51. The molecule has 0 spiro atoms. The molecule has 0 bridgehead atoms. The highest BCUT2D eigenvalue weighted by molar-refractivity contribution is 5.76.